The second-order valence-electron chi connectivity index (χ2n) is 8.64. The van der Waals surface area contributed by atoms with Crippen molar-refractivity contribution in [2.45, 2.75) is 19.9 Å². The number of carbonyl (C=O) groups is 1. The number of fused-ring (bicyclic) bond motifs is 1. The number of halogens is 5. The van der Waals surface area contributed by atoms with Crippen molar-refractivity contribution in [2.24, 2.45) is 0 Å². The Bertz CT molecular complexity index is 1610. The minimum Gasteiger partial charge on any atom is -0.455 e. The van der Waals surface area contributed by atoms with E-state index in [0.717, 1.165) is 26.3 Å². The molecule has 5 rings (SSSR count). The lowest BCUT2D eigenvalue weighted by Gasteiger charge is -2.19. The van der Waals surface area contributed by atoms with Crippen LogP contribution < -0.4 is 9.62 Å². The molecular weight excluding hydrogens is 670 g/mol. The van der Waals surface area contributed by atoms with Gasteiger partial charge in [-0.15, -0.1) is 11.6 Å². The van der Waals surface area contributed by atoms with Crippen molar-refractivity contribution in [1.29, 1.82) is 0 Å². The normalized spacial score (nSPS) is 10.4. The summed E-state index contributed by atoms with van der Waals surface area (Å²) < 4.78 is 22.0. The molecule has 0 aliphatic rings. The van der Waals surface area contributed by atoms with Gasteiger partial charge in [-0.2, -0.15) is 0 Å². The number of nitrogens with zero attached hydrogens (tertiary/aromatic N) is 1. The minimum atomic E-state index is -0.362. The predicted octanol–water partition coefficient (Wildman–Crippen LogP) is 10.6. The van der Waals surface area contributed by atoms with Crippen LogP contribution >= 0.6 is 63.5 Å². The summed E-state index contributed by atoms with van der Waals surface area (Å²) in [5, 5.41) is 4.71. The third-order valence-electron chi connectivity index (χ3n) is 5.91. The molecule has 1 N–H and O–H groups in total. The number of hydrogen-bond acceptors (Lipinski definition) is 4. The quantitative estimate of drug-likeness (QED) is 0.137. The first-order chi connectivity index (χ1) is 19.2. The van der Waals surface area contributed by atoms with Gasteiger partial charge in [-0.3, -0.25) is 4.79 Å². The molecule has 1 amide bonds. The number of hydrogen-bond donors (Lipinski definition) is 2. The van der Waals surface area contributed by atoms with E-state index in [9.17, 15) is 9.18 Å². The third-order valence-corrected chi connectivity index (χ3v) is 7.71. The van der Waals surface area contributed by atoms with Gasteiger partial charge < -0.3 is 14.0 Å². The Kier molecular flexibility index (Phi) is 12.0. The SMILES string of the molecule is C.CNC(=O)c1c(-c2ccc(F)cc2)oc2cc(N(S)Cc3ccc(Cl)cc3)c(Br)cc12.ClCc1ccc(Cl)cc1. The number of furan rings is 1. The van der Waals surface area contributed by atoms with Crippen molar-refractivity contribution in [2.75, 3.05) is 11.4 Å². The van der Waals surface area contributed by atoms with Crippen LogP contribution in [0, 0.1) is 5.82 Å². The van der Waals surface area contributed by atoms with Gasteiger partial charge in [0.2, 0.25) is 0 Å². The van der Waals surface area contributed by atoms with Gasteiger partial charge >= 0.3 is 0 Å². The van der Waals surface area contributed by atoms with Crippen molar-refractivity contribution in [1.82, 2.24) is 5.32 Å². The standard InChI is InChI=1S/C23H17BrClFN2O2S.C7H6Cl2.CH4/c1-27-23(29)21-17-10-18(24)19(28(31)12-13-2-6-15(25)7-3-13)11-20(17)30-22(21)14-4-8-16(26)9-5-14;8-5-6-1-3-7(9)4-2-6;/h2-11,31H,12H2,1H3,(H,27,29);1-4H,5H2;1H4. The summed E-state index contributed by atoms with van der Waals surface area (Å²) in [5.74, 6) is 0.278. The predicted molar refractivity (Wildman–Crippen MR) is 177 cm³/mol. The van der Waals surface area contributed by atoms with Crippen molar-refractivity contribution in [3.05, 3.63) is 122 Å². The zero-order valence-corrected chi connectivity index (χ0v) is 25.8. The molecule has 1 heterocycles. The molecule has 0 atom stereocenters. The second-order valence-corrected chi connectivity index (χ2v) is 11.1. The Morgan fingerprint density at radius 1 is 0.951 bits per heavy atom. The number of carbonyl (C=O) groups excluding carboxylic acids is 1. The number of amides is 1. The number of anilines is 1. The Balaban J connectivity index is 0.000000396. The molecule has 5 aromatic rings. The molecule has 214 valence electrons. The summed E-state index contributed by atoms with van der Waals surface area (Å²) in [6, 6.07) is 24.5. The van der Waals surface area contributed by atoms with Crippen LogP contribution in [0.3, 0.4) is 0 Å². The second kappa shape index (κ2) is 15.0. The molecule has 0 aliphatic heterocycles. The fraction of sp³-hybridized carbons (Fsp3) is 0.129. The van der Waals surface area contributed by atoms with E-state index in [2.05, 4.69) is 34.1 Å². The molecule has 0 spiro atoms. The Hall–Kier alpha value is -2.68. The zero-order chi connectivity index (χ0) is 28.8. The van der Waals surface area contributed by atoms with Crippen molar-refractivity contribution < 1.29 is 13.6 Å². The van der Waals surface area contributed by atoms with E-state index in [4.69, 9.17) is 39.2 Å². The van der Waals surface area contributed by atoms with Crippen molar-refractivity contribution >= 4 is 86.1 Å². The number of alkyl halides is 1. The minimum absolute atomic E-state index is 0. The van der Waals surface area contributed by atoms with Gasteiger partial charge in [0.1, 0.15) is 17.2 Å². The van der Waals surface area contributed by atoms with Crippen LogP contribution in [0.15, 0.2) is 93.8 Å². The molecule has 41 heavy (non-hydrogen) atoms. The molecular formula is C31H27BrCl3FN2O2S. The molecule has 0 radical (unpaired) electrons. The van der Waals surface area contributed by atoms with E-state index < -0.39 is 0 Å². The van der Waals surface area contributed by atoms with Crippen LogP contribution in [0.5, 0.6) is 0 Å². The first-order valence-electron chi connectivity index (χ1n) is 12.0. The first kappa shape index (κ1) is 32.8. The van der Waals surface area contributed by atoms with Gasteiger partial charge in [0.05, 0.1) is 17.8 Å². The maximum atomic E-state index is 13.4. The van der Waals surface area contributed by atoms with Gasteiger partial charge in [0.25, 0.3) is 5.91 Å². The molecule has 1 aromatic heterocycles. The molecule has 10 heteroatoms. The third kappa shape index (κ3) is 8.21. The molecule has 4 aromatic carbocycles. The highest BCUT2D eigenvalue weighted by molar-refractivity contribution is 9.10. The summed E-state index contributed by atoms with van der Waals surface area (Å²) in [7, 11) is 1.56. The number of nitrogens with one attached hydrogen (secondary N) is 1. The largest absolute Gasteiger partial charge is 0.455 e. The lowest BCUT2D eigenvalue weighted by atomic mass is 10.0. The Morgan fingerprint density at radius 3 is 2.05 bits per heavy atom. The van der Waals surface area contributed by atoms with Gasteiger partial charge in [-0.1, -0.05) is 67.7 Å². The van der Waals surface area contributed by atoms with Crippen molar-refractivity contribution in [3.8, 4) is 11.3 Å². The van der Waals surface area contributed by atoms with E-state index in [1.165, 1.54) is 12.1 Å². The van der Waals surface area contributed by atoms with Crippen LogP contribution in [0.25, 0.3) is 22.3 Å². The van der Waals surface area contributed by atoms with Gasteiger partial charge in [-0.25, -0.2) is 4.39 Å². The van der Waals surface area contributed by atoms with E-state index in [1.54, 1.807) is 23.5 Å². The Morgan fingerprint density at radius 2 is 1.51 bits per heavy atom. The van der Waals surface area contributed by atoms with E-state index >= 15 is 0 Å². The molecule has 0 unspecified atom stereocenters. The average Bonchev–Trinajstić information content (AvgIpc) is 3.32. The van der Waals surface area contributed by atoms with Gasteiger partial charge in [0, 0.05) is 44.5 Å². The molecule has 0 saturated heterocycles. The van der Waals surface area contributed by atoms with Crippen LogP contribution in [0.2, 0.25) is 10.0 Å². The summed E-state index contributed by atoms with van der Waals surface area (Å²) in [5.41, 5.74) is 4.42. The van der Waals surface area contributed by atoms with Gasteiger partial charge in [-0.05, 0) is 81.7 Å². The molecule has 0 fully saturated rings. The molecule has 0 saturated carbocycles. The molecule has 0 bridgehead atoms. The van der Waals surface area contributed by atoms with E-state index in [0.29, 0.717) is 45.3 Å². The maximum Gasteiger partial charge on any atom is 0.255 e. The van der Waals surface area contributed by atoms with Crippen LogP contribution in [-0.4, -0.2) is 13.0 Å². The smallest absolute Gasteiger partial charge is 0.255 e. The van der Waals surface area contributed by atoms with Crippen molar-refractivity contribution in [3.63, 3.8) is 0 Å². The highest BCUT2D eigenvalue weighted by Crippen LogP contribution is 2.40. The molecule has 0 aliphatic carbocycles. The first-order valence-corrected chi connectivity index (χ1v) is 14.4. The maximum absolute atomic E-state index is 13.4. The highest BCUT2D eigenvalue weighted by atomic mass is 79.9. The average molecular weight is 697 g/mol. The zero-order valence-electron chi connectivity index (χ0n) is 21.1. The fourth-order valence-electron chi connectivity index (χ4n) is 3.88. The highest BCUT2D eigenvalue weighted by Gasteiger charge is 2.23. The van der Waals surface area contributed by atoms with Gasteiger partial charge in [0.15, 0.2) is 0 Å². The number of benzene rings is 4. The summed E-state index contributed by atoms with van der Waals surface area (Å²) in [4.78, 5) is 12.7. The van der Waals surface area contributed by atoms with Crippen LogP contribution in [-0.2, 0) is 12.4 Å². The fourth-order valence-corrected chi connectivity index (χ4v) is 5.33. The van der Waals surface area contributed by atoms with E-state index in [-0.39, 0.29) is 19.2 Å². The summed E-state index contributed by atoms with van der Waals surface area (Å²) in [6.45, 7) is 0.526. The van der Waals surface area contributed by atoms with Crippen LogP contribution in [0.4, 0.5) is 10.1 Å². The Labute approximate surface area is 268 Å². The van der Waals surface area contributed by atoms with E-state index in [1.807, 2.05) is 60.7 Å². The topological polar surface area (TPSA) is 45.5 Å². The number of thiol groups is 1. The molecule has 4 nitrogen and oxygen atoms in total. The lowest BCUT2D eigenvalue weighted by molar-refractivity contribution is 0.0964. The monoisotopic (exact) mass is 694 g/mol. The summed E-state index contributed by atoms with van der Waals surface area (Å²) >= 11 is 25.3. The van der Waals surface area contributed by atoms with Crippen LogP contribution in [0.1, 0.15) is 28.9 Å². The number of rotatable bonds is 6. The lowest BCUT2D eigenvalue weighted by Crippen LogP contribution is -2.18. The summed E-state index contributed by atoms with van der Waals surface area (Å²) in [6.07, 6.45) is 0.